The third-order valence-electron chi connectivity index (χ3n) is 4.62. The van der Waals surface area contributed by atoms with Gasteiger partial charge in [0.2, 0.25) is 0 Å². The summed E-state index contributed by atoms with van der Waals surface area (Å²) < 4.78 is 23.7. The van der Waals surface area contributed by atoms with Gasteiger partial charge in [-0.3, -0.25) is 4.90 Å². The van der Waals surface area contributed by atoms with E-state index < -0.39 is 9.84 Å². The molecule has 0 spiro atoms. The quantitative estimate of drug-likeness (QED) is 0.908. The molecule has 2 unspecified atom stereocenters. The van der Waals surface area contributed by atoms with Crippen LogP contribution >= 0.6 is 0 Å². The highest BCUT2D eigenvalue weighted by Crippen LogP contribution is 2.30. The number of rotatable bonds is 3. The molecule has 1 aromatic rings. The number of nitrogens with two attached hydrogens (primary N) is 1. The topological polar surface area (TPSA) is 63.4 Å². The number of nitrogens with zero attached hydrogens (tertiary/aromatic N) is 1. The minimum atomic E-state index is -2.87. The SMILES string of the molecule is NCC(C1CCCS(=O)(=O)C1)N1Cc2ccccc2C1. The van der Waals surface area contributed by atoms with Crippen LogP contribution in [0, 0.1) is 5.92 Å². The molecule has 2 N–H and O–H groups in total. The molecule has 2 atom stereocenters. The summed E-state index contributed by atoms with van der Waals surface area (Å²) >= 11 is 0. The number of sulfone groups is 1. The van der Waals surface area contributed by atoms with Gasteiger partial charge >= 0.3 is 0 Å². The van der Waals surface area contributed by atoms with Crippen molar-refractivity contribution in [2.75, 3.05) is 18.1 Å². The fourth-order valence-electron chi connectivity index (χ4n) is 3.60. The summed E-state index contributed by atoms with van der Waals surface area (Å²) in [5.74, 6) is 0.844. The monoisotopic (exact) mass is 294 g/mol. The predicted molar refractivity (Wildman–Crippen MR) is 79.9 cm³/mol. The largest absolute Gasteiger partial charge is 0.329 e. The lowest BCUT2D eigenvalue weighted by Gasteiger charge is -2.35. The van der Waals surface area contributed by atoms with Gasteiger partial charge in [0, 0.05) is 25.7 Å². The lowest BCUT2D eigenvalue weighted by Crippen LogP contribution is -2.46. The molecular formula is C15H22N2O2S. The molecular weight excluding hydrogens is 272 g/mol. The van der Waals surface area contributed by atoms with E-state index in [1.54, 1.807) is 0 Å². The van der Waals surface area contributed by atoms with Crippen molar-refractivity contribution in [3.63, 3.8) is 0 Å². The van der Waals surface area contributed by atoms with Crippen molar-refractivity contribution in [3.8, 4) is 0 Å². The summed E-state index contributed by atoms with van der Waals surface area (Å²) in [4.78, 5) is 2.36. The fourth-order valence-corrected chi connectivity index (χ4v) is 5.41. The van der Waals surface area contributed by atoms with Gasteiger partial charge in [0.25, 0.3) is 0 Å². The summed E-state index contributed by atoms with van der Waals surface area (Å²) in [5, 5.41) is 0. The average Bonchev–Trinajstić information content (AvgIpc) is 2.81. The van der Waals surface area contributed by atoms with Gasteiger partial charge in [0.05, 0.1) is 11.5 Å². The first kappa shape index (κ1) is 14.0. The molecule has 3 rings (SSSR count). The molecule has 1 aromatic carbocycles. The summed E-state index contributed by atoms with van der Waals surface area (Å²) in [6.07, 6.45) is 1.76. The maximum atomic E-state index is 11.9. The molecule has 0 aliphatic carbocycles. The lowest BCUT2D eigenvalue weighted by molar-refractivity contribution is 0.146. The molecule has 0 radical (unpaired) electrons. The first-order chi connectivity index (χ1) is 9.59. The van der Waals surface area contributed by atoms with Crippen LogP contribution in [0.5, 0.6) is 0 Å². The van der Waals surface area contributed by atoms with E-state index in [9.17, 15) is 8.42 Å². The zero-order valence-corrected chi connectivity index (χ0v) is 12.5. The zero-order valence-electron chi connectivity index (χ0n) is 11.7. The molecule has 2 heterocycles. The fraction of sp³-hybridized carbons (Fsp3) is 0.600. The zero-order chi connectivity index (χ0) is 14.2. The lowest BCUT2D eigenvalue weighted by atomic mass is 9.95. The number of fused-ring (bicyclic) bond motifs is 1. The summed E-state index contributed by atoms with van der Waals surface area (Å²) in [6, 6.07) is 8.61. The van der Waals surface area contributed by atoms with E-state index in [-0.39, 0.29) is 12.0 Å². The Hall–Kier alpha value is -0.910. The Morgan fingerprint density at radius 3 is 2.45 bits per heavy atom. The average molecular weight is 294 g/mol. The van der Waals surface area contributed by atoms with Crippen molar-refractivity contribution < 1.29 is 8.42 Å². The van der Waals surface area contributed by atoms with E-state index >= 15 is 0 Å². The normalized spacial score (nSPS) is 27.1. The second-order valence-electron chi connectivity index (χ2n) is 5.99. The second-order valence-corrected chi connectivity index (χ2v) is 8.22. The molecule has 0 bridgehead atoms. The van der Waals surface area contributed by atoms with Crippen LogP contribution in [0.25, 0.3) is 0 Å². The highest BCUT2D eigenvalue weighted by Gasteiger charge is 2.35. The van der Waals surface area contributed by atoms with Crippen LogP contribution in [0.15, 0.2) is 24.3 Å². The van der Waals surface area contributed by atoms with Crippen molar-refractivity contribution in [1.82, 2.24) is 4.90 Å². The Labute approximate surface area is 120 Å². The van der Waals surface area contributed by atoms with Crippen LogP contribution in [0.4, 0.5) is 0 Å². The highest BCUT2D eigenvalue weighted by atomic mass is 32.2. The smallest absolute Gasteiger partial charge is 0.150 e. The van der Waals surface area contributed by atoms with Crippen molar-refractivity contribution in [3.05, 3.63) is 35.4 Å². The van der Waals surface area contributed by atoms with Crippen LogP contribution in [0.2, 0.25) is 0 Å². The summed E-state index contributed by atoms with van der Waals surface area (Å²) in [6.45, 7) is 2.33. The molecule has 0 saturated carbocycles. The molecule has 0 aromatic heterocycles. The third kappa shape index (κ3) is 2.75. The van der Waals surface area contributed by atoms with Gasteiger partial charge < -0.3 is 5.73 Å². The Bertz CT molecular complexity index is 560. The van der Waals surface area contributed by atoms with Crippen LogP contribution in [0.3, 0.4) is 0 Å². The van der Waals surface area contributed by atoms with Crippen molar-refractivity contribution in [2.24, 2.45) is 11.7 Å². The standard InChI is InChI=1S/C15H22N2O2S/c16-8-15(14-6-3-7-20(18,19)11-14)17-9-12-4-1-2-5-13(12)10-17/h1-2,4-5,14-15H,3,6-11,16H2. The van der Waals surface area contributed by atoms with E-state index in [0.717, 1.165) is 25.9 Å². The molecule has 110 valence electrons. The van der Waals surface area contributed by atoms with Gasteiger partial charge in [0.1, 0.15) is 0 Å². The highest BCUT2D eigenvalue weighted by molar-refractivity contribution is 7.91. The maximum Gasteiger partial charge on any atom is 0.150 e. The van der Waals surface area contributed by atoms with E-state index in [1.165, 1.54) is 11.1 Å². The molecule has 1 fully saturated rings. The minimum absolute atomic E-state index is 0.178. The second kappa shape index (κ2) is 5.47. The van der Waals surface area contributed by atoms with Crippen LogP contribution in [-0.2, 0) is 22.9 Å². The maximum absolute atomic E-state index is 11.9. The van der Waals surface area contributed by atoms with Gasteiger partial charge in [0.15, 0.2) is 9.84 Å². The summed E-state index contributed by atoms with van der Waals surface area (Å²) in [7, 11) is -2.87. The van der Waals surface area contributed by atoms with Crippen LogP contribution in [0.1, 0.15) is 24.0 Å². The third-order valence-corrected chi connectivity index (χ3v) is 6.46. The molecule has 1 saturated heterocycles. The predicted octanol–water partition coefficient (Wildman–Crippen LogP) is 1.15. The van der Waals surface area contributed by atoms with Gasteiger partial charge in [-0.15, -0.1) is 0 Å². The van der Waals surface area contributed by atoms with Crippen LogP contribution < -0.4 is 5.73 Å². The first-order valence-corrected chi connectivity index (χ1v) is 9.12. The van der Waals surface area contributed by atoms with E-state index in [0.29, 0.717) is 18.1 Å². The van der Waals surface area contributed by atoms with E-state index in [1.807, 2.05) is 0 Å². The molecule has 5 heteroatoms. The number of hydrogen-bond acceptors (Lipinski definition) is 4. The van der Waals surface area contributed by atoms with Crippen molar-refractivity contribution in [2.45, 2.75) is 32.0 Å². The number of hydrogen-bond donors (Lipinski definition) is 1. The van der Waals surface area contributed by atoms with E-state index in [2.05, 4.69) is 29.2 Å². The molecule has 0 amide bonds. The van der Waals surface area contributed by atoms with Crippen molar-refractivity contribution >= 4 is 9.84 Å². The molecule has 20 heavy (non-hydrogen) atoms. The molecule has 2 aliphatic rings. The van der Waals surface area contributed by atoms with Gasteiger partial charge in [-0.1, -0.05) is 24.3 Å². The van der Waals surface area contributed by atoms with E-state index in [4.69, 9.17) is 5.73 Å². The van der Waals surface area contributed by atoms with Gasteiger partial charge in [-0.05, 0) is 29.9 Å². The number of benzene rings is 1. The molecule has 2 aliphatic heterocycles. The molecule has 4 nitrogen and oxygen atoms in total. The Kier molecular flexibility index (Phi) is 3.84. The Morgan fingerprint density at radius 2 is 1.90 bits per heavy atom. The van der Waals surface area contributed by atoms with Gasteiger partial charge in [-0.2, -0.15) is 0 Å². The van der Waals surface area contributed by atoms with Crippen molar-refractivity contribution in [1.29, 1.82) is 0 Å². The van der Waals surface area contributed by atoms with Crippen LogP contribution in [-0.4, -0.2) is 37.4 Å². The Balaban J connectivity index is 1.75. The minimum Gasteiger partial charge on any atom is -0.329 e. The summed E-state index contributed by atoms with van der Waals surface area (Å²) in [5.41, 5.74) is 8.67. The first-order valence-electron chi connectivity index (χ1n) is 7.30. The van der Waals surface area contributed by atoms with Gasteiger partial charge in [-0.25, -0.2) is 8.42 Å². The Morgan fingerprint density at radius 1 is 1.25 bits per heavy atom.